The molecule has 234 valence electrons. The standard InChI is InChI=1S/C32H38FN5O5S/c1-19(39)36-9-11-37(12-10-36)30(41)27-16-23(18-44-27)20-5-6-21(26(33)15-20)13-24(17-34)35-29(40)28-22-7-8-25(14-22)38(28)31(42)43-32(2,3)4/h5-6,15-16,18,22,24-25,28H,7-14H2,1-4H3,(H,35,40)/t22-,24-,25+,28-/m0/s1. The molecule has 2 aromatic rings. The normalized spacial score (nSPS) is 22.0. The molecule has 1 N–H and O–H groups in total. The van der Waals surface area contributed by atoms with Crippen molar-refractivity contribution in [3.05, 3.63) is 45.9 Å². The van der Waals surface area contributed by atoms with Crippen LogP contribution < -0.4 is 5.32 Å². The van der Waals surface area contributed by atoms with Crippen molar-refractivity contribution in [2.45, 2.75) is 77.1 Å². The van der Waals surface area contributed by atoms with Gasteiger partial charge in [0.05, 0.1) is 10.9 Å². The van der Waals surface area contributed by atoms with Crippen LogP contribution in [0.1, 0.15) is 62.2 Å². The molecule has 0 radical (unpaired) electrons. The number of nitrogens with zero attached hydrogens (tertiary/aromatic N) is 4. The van der Waals surface area contributed by atoms with E-state index < -0.39 is 35.5 Å². The van der Waals surface area contributed by atoms with E-state index in [2.05, 4.69) is 11.4 Å². The first-order valence-electron chi connectivity index (χ1n) is 15.0. The van der Waals surface area contributed by atoms with Gasteiger partial charge in [0.15, 0.2) is 0 Å². The molecule has 1 aliphatic carbocycles. The van der Waals surface area contributed by atoms with Crippen LogP contribution in [0.3, 0.4) is 0 Å². The second kappa shape index (κ2) is 12.6. The molecule has 3 aliphatic rings. The van der Waals surface area contributed by atoms with Gasteiger partial charge in [-0.1, -0.05) is 12.1 Å². The zero-order valence-corrected chi connectivity index (χ0v) is 26.3. The monoisotopic (exact) mass is 623 g/mol. The van der Waals surface area contributed by atoms with Crippen molar-refractivity contribution < 1.29 is 28.3 Å². The molecule has 0 spiro atoms. The Morgan fingerprint density at radius 2 is 1.80 bits per heavy atom. The van der Waals surface area contributed by atoms with Crippen molar-refractivity contribution in [2.75, 3.05) is 26.2 Å². The number of benzene rings is 1. The number of carbonyl (C=O) groups is 4. The van der Waals surface area contributed by atoms with Crippen molar-refractivity contribution in [2.24, 2.45) is 5.92 Å². The molecule has 5 rings (SSSR count). The zero-order valence-electron chi connectivity index (χ0n) is 25.5. The number of piperidine rings is 1. The Kier molecular flexibility index (Phi) is 8.97. The number of nitriles is 1. The largest absolute Gasteiger partial charge is 0.444 e. The molecule has 0 unspecified atom stereocenters. The highest BCUT2D eigenvalue weighted by molar-refractivity contribution is 7.12. The Bertz CT molecular complexity index is 1490. The SMILES string of the molecule is CC(=O)N1CCN(C(=O)c2cc(-c3ccc(C[C@@H](C#N)NC(=O)[C@@H]4[C@H]5CC[C@H](C5)N4C(=O)OC(C)(C)C)c(F)c3)cs2)CC1. The number of likely N-dealkylation sites (tertiary alicyclic amines) is 1. The zero-order chi connectivity index (χ0) is 31.8. The summed E-state index contributed by atoms with van der Waals surface area (Å²) in [6.07, 6.45) is 1.78. The van der Waals surface area contributed by atoms with Gasteiger partial charge in [0.1, 0.15) is 23.5 Å². The maximum Gasteiger partial charge on any atom is 0.411 e. The lowest BCUT2D eigenvalue weighted by Crippen LogP contribution is -2.55. The van der Waals surface area contributed by atoms with Gasteiger partial charge >= 0.3 is 6.09 Å². The quantitative estimate of drug-likeness (QED) is 0.515. The summed E-state index contributed by atoms with van der Waals surface area (Å²) in [7, 11) is 0. The molecule has 4 amide bonds. The summed E-state index contributed by atoms with van der Waals surface area (Å²) in [6.45, 7) is 8.77. The van der Waals surface area contributed by atoms with Crippen LogP contribution in [0, 0.1) is 23.1 Å². The highest BCUT2D eigenvalue weighted by Crippen LogP contribution is 2.43. The maximum absolute atomic E-state index is 15.3. The Morgan fingerprint density at radius 3 is 2.43 bits per heavy atom. The second-order valence-corrected chi connectivity index (χ2v) is 13.7. The fourth-order valence-corrected chi connectivity index (χ4v) is 7.26. The van der Waals surface area contributed by atoms with Gasteiger partial charge in [-0.15, -0.1) is 11.3 Å². The average Bonchev–Trinajstić information content (AvgIpc) is 3.73. The number of thiophene rings is 1. The van der Waals surface area contributed by atoms with Gasteiger partial charge in [0.2, 0.25) is 11.8 Å². The van der Waals surface area contributed by atoms with E-state index in [1.165, 1.54) is 29.2 Å². The van der Waals surface area contributed by atoms with Crippen molar-refractivity contribution in [1.82, 2.24) is 20.0 Å². The number of nitrogens with one attached hydrogen (secondary N) is 1. The molecule has 44 heavy (non-hydrogen) atoms. The minimum Gasteiger partial charge on any atom is -0.444 e. The fraction of sp³-hybridized carbons (Fsp3) is 0.531. The second-order valence-electron chi connectivity index (χ2n) is 12.8. The Labute approximate surface area is 260 Å². The number of ether oxygens (including phenoxy) is 1. The fourth-order valence-electron chi connectivity index (χ4n) is 6.38. The molecule has 12 heteroatoms. The Balaban J connectivity index is 1.22. The van der Waals surface area contributed by atoms with E-state index >= 15 is 4.39 Å². The molecular weight excluding hydrogens is 585 g/mol. The average molecular weight is 624 g/mol. The summed E-state index contributed by atoms with van der Waals surface area (Å²) >= 11 is 1.28. The number of carbonyl (C=O) groups excluding carboxylic acids is 4. The van der Waals surface area contributed by atoms with Gasteiger partial charge in [-0.3, -0.25) is 19.3 Å². The van der Waals surface area contributed by atoms with E-state index in [4.69, 9.17) is 4.74 Å². The molecule has 1 saturated carbocycles. The third-order valence-electron chi connectivity index (χ3n) is 8.56. The lowest BCUT2D eigenvalue weighted by atomic mass is 9.97. The van der Waals surface area contributed by atoms with E-state index in [0.29, 0.717) is 42.2 Å². The lowest BCUT2D eigenvalue weighted by molar-refractivity contribution is -0.130. The smallest absolute Gasteiger partial charge is 0.411 e. The Morgan fingerprint density at radius 1 is 1.09 bits per heavy atom. The molecule has 3 heterocycles. The van der Waals surface area contributed by atoms with E-state index in [1.807, 2.05) is 0 Å². The van der Waals surface area contributed by atoms with Crippen molar-refractivity contribution in [3.63, 3.8) is 0 Å². The molecule has 2 saturated heterocycles. The summed E-state index contributed by atoms with van der Waals surface area (Å²) in [4.78, 5) is 56.4. The molecule has 1 aromatic carbocycles. The van der Waals surface area contributed by atoms with Gasteiger partial charge in [-0.25, -0.2) is 9.18 Å². The van der Waals surface area contributed by atoms with E-state index in [1.54, 1.807) is 54.2 Å². The molecule has 1 aromatic heterocycles. The predicted octanol–water partition coefficient (Wildman–Crippen LogP) is 4.20. The summed E-state index contributed by atoms with van der Waals surface area (Å²) < 4.78 is 20.8. The van der Waals surface area contributed by atoms with E-state index in [-0.39, 0.29) is 35.8 Å². The van der Waals surface area contributed by atoms with Crippen LogP contribution in [-0.4, -0.2) is 88.4 Å². The predicted molar refractivity (Wildman–Crippen MR) is 162 cm³/mol. The van der Waals surface area contributed by atoms with Crippen LogP contribution in [0.15, 0.2) is 29.6 Å². The van der Waals surface area contributed by atoms with Crippen molar-refractivity contribution in [1.29, 1.82) is 5.26 Å². The topological polar surface area (TPSA) is 123 Å². The van der Waals surface area contributed by atoms with E-state index in [9.17, 15) is 24.4 Å². The van der Waals surface area contributed by atoms with Crippen LogP contribution in [-0.2, 0) is 20.7 Å². The van der Waals surface area contributed by atoms with Gasteiger partial charge in [-0.05, 0) is 80.2 Å². The molecular formula is C32H38FN5O5S. The maximum atomic E-state index is 15.3. The van der Waals surface area contributed by atoms with Crippen LogP contribution in [0.4, 0.5) is 9.18 Å². The first kappa shape index (κ1) is 31.4. The molecule has 3 fully saturated rings. The lowest BCUT2D eigenvalue weighted by Gasteiger charge is -2.35. The minimum absolute atomic E-state index is 0.00425. The Hall–Kier alpha value is -3.98. The van der Waals surface area contributed by atoms with Gasteiger partial charge in [0, 0.05) is 45.6 Å². The minimum atomic E-state index is -0.990. The van der Waals surface area contributed by atoms with Gasteiger partial charge < -0.3 is 19.9 Å². The van der Waals surface area contributed by atoms with Crippen LogP contribution in [0.2, 0.25) is 0 Å². The van der Waals surface area contributed by atoms with Crippen LogP contribution in [0.25, 0.3) is 11.1 Å². The molecule has 10 nitrogen and oxygen atoms in total. The molecule has 2 bridgehead atoms. The van der Waals surface area contributed by atoms with E-state index in [0.717, 1.165) is 19.3 Å². The first-order chi connectivity index (χ1) is 20.8. The highest BCUT2D eigenvalue weighted by atomic mass is 32.1. The number of fused-ring (bicyclic) bond motifs is 2. The summed E-state index contributed by atoms with van der Waals surface area (Å²) in [5, 5.41) is 14.4. The van der Waals surface area contributed by atoms with Crippen molar-refractivity contribution in [3.8, 4) is 17.2 Å². The number of rotatable bonds is 6. The third-order valence-corrected chi connectivity index (χ3v) is 9.48. The third kappa shape index (κ3) is 6.73. The number of halogens is 1. The summed E-state index contributed by atoms with van der Waals surface area (Å²) in [5.74, 6) is -1.07. The van der Waals surface area contributed by atoms with Crippen molar-refractivity contribution >= 4 is 35.2 Å². The number of piperazine rings is 1. The molecule has 2 aliphatic heterocycles. The number of hydrogen-bond donors (Lipinski definition) is 1. The van der Waals surface area contributed by atoms with Crippen LogP contribution in [0.5, 0.6) is 0 Å². The summed E-state index contributed by atoms with van der Waals surface area (Å²) in [5.41, 5.74) is 0.865. The molecule has 4 atom stereocenters. The van der Waals surface area contributed by atoms with Crippen LogP contribution >= 0.6 is 11.3 Å². The highest BCUT2D eigenvalue weighted by Gasteiger charge is 2.52. The summed E-state index contributed by atoms with van der Waals surface area (Å²) in [6, 6.07) is 6.71. The van der Waals surface area contributed by atoms with Gasteiger partial charge in [-0.2, -0.15) is 5.26 Å². The first-order valence-corrected chi connectivity index (χ1v) is 15.9. The number of amides is 4. The number of hydrogen-bond acceptors (Lipinski definition) is 7. The van der Waals surface area contributed by atoms with Gasteiger partial charge in [0.25, 0.3) is 5.91 Å².